The van der Waals surface area contributed by atoms with Gasteiger partial charge in [0.2, 0.25) is 10.0 Å². The number of carbonyl (C=O) groups excluding carboxylic acids is 1. The van der Waals surface area contributed by atoms with Gasteiger partial charge in [-0.3, -0.25) is 9.10 Å². The van der Waals surface area contributed by atoms with Gasteiger partial charge in [-0.15, -0.1) is 0 Å². The van der Waals surface area contributed by atoms with E-state index >= 15 is 0 Å². The molecule has 3 rings (SSSR count). The Morgan fingerprint density at radius 3 is 2.06 bits per heavy atom. The van der Waals surface area contributed by atoms with Crippen molar-refractivity contribution in [3.63, 3.8) is 0 Å². The van der Waals surface area contributed by atoms with Gasteiger partial charge in [0.05, 0.1) is 35.6 Å². The van der Waals surface area contributed by atoms with Crippen LogP contribution in [0.25, 0.3) is 0 Å². The molecular formula is C24H24Cl2N2O4S. The lowest BCUT2D eigenvalue weighted by Crippen LogP contribution is -2.29. The highest BCUT2D eigenvalue weighted by molar-refractivity contribution is 7.92. The van der Waals surface area contributed by atoms with Gasteiger partial charge in [-0.25, -0.2) is 8.42 Å². The first kappa shape index (κ1) is 24.9. The number of halogens is 2. The fraction of sp³-hybridized carbons (Fsp3) is 0.208. The van der Waals surface area contributed by atoms with Crippen molar-refractivity contribution in [3.8, 4) is 5.75 Å². The van der Waals surface area contributed by atoms with Crippen molar-refractivity contribution in [2.45, 2.75) is 13.1 Å². The zero-order chi connectivity index (χ0) is 24.2. The number of rotatable bonds is 8. The zero-order valence-corrected chi connectivity index (χ0v) is 20.8. The molecule has 0 bridgehead atoms. The number of methoxy groups -OCH3 is 1. The SMILES string of the molecule is COc1ccc(CN(C)C(=O)c2ccc(CN(c3cccc(Cl)c3Cl)S(C)(=O)=O)cc2)cc1. The summed E-state index contributed by atoms with van der Waals surface area (Å²) < 4.78 is 31.2. The Kier molecular flexibility index (Phi) is 7.89. The van der Waals surface area contributed by atoms with Crippen LogP contribution >= 0.6 is 23.2 Å². The molecule has 0 unspecified atom stereocenters. The second-order valence-corrected chi connectivity index (χ2v) is 10.2. The lowest BCUT2D eigenvalue weighted by molar-refractivity contribution is 0.0785. The second kappa shape index (κ2) is 10.5. The van der Waals surface area contributed by atoms with Crippen LogP contribution in [0, 0.1) is 0 Å². The molecule has 0 atom stereocenters. The minimum absolute atomic E-state index is 0.0506. The highest BCUT2D eigenvalue weighted by atomic mass is 35.5. The number of nitrogens with zero attached hydrogens (tertiary/aromatic N) is 2. The topological polar surface area (TPSA) is 66.9 Å². The van der Waals surface area contributed by atoms with Crippen molar-refractivity contribution in [1.29, 1.82) is 0 Å². The Morgan fingerprint density at radius 1 is 0.909 bits per heavy atom. The quantitative estimate of drug-likeness (QED) is 0.418. The molecule has 0 fully saturated rings. The summed E-state index contributed by atoms with van der Waals surface area (Å²) in [5.74, 6) is 0.612. The smallest absolute Gasteiger partial charge is 0.253 e. The molecule has 3 aromatic rings. The molecule has 174 valence electrons. The number of amides is 1. The van der Waals surface area contributed by atoms with Crippen LogP contribution in [-0.2, 0) is 23.1 Å². The molecule has 0 saturated heterocycles. The fourth-order valence-corrected chi connectivity index (χ4v) is 4.62. The van der Waals surface area contributed by atoms with Crippen LogP contribution in [0.1, 0.15) is 21.5 Å². The zero-order valence-electron chi connectivity index (χ0n) is 18.5. The van der Waals surface area contributed by atoms with E-state index in [1.807, 2.05) is 24.3 Å². The Morgan fingerprint density at radius 2 is 1.48 bits per heavy atom. The Bertz CT molecular complexity index is 1230. The van der Waals surface area contributed by atoms with E-state index in [-0.39, 0.29) is 22.5 Å². The normalized spacial score (nSPS) is 11.2. The van der Waals surface area contributed by atoms with Crippen molar-refractivity contribution in [1.82, 2.24) is 4.90 Å². The third kappa shape index (κ3) is 6.19. The van der Waals surface area contributed by atoms with Gasteiger partial charge in [-0.1, -0.05) is 53.5 Å². The number of hydrogen-bond donors (Lipinski definition) is 0. The van der Waals surface area contributed by atoms with Gasteiger partial charge in [-0.2, -0.15) is 0 Å². The lowest BCUT2D eigenvalue weighted by Gasteiger charge is -2.24. The van der Waals surface area contributed by atoms with Gasteiger partial charge < -0.3 is 9.64 Å². The van der Waals surface area contributed by atoms with Crippen molar-refractivity contribution < 1.29 is 17.9 Å². The first-order chi connectivity index (χ1) is 15.6. The molecule has 3 aromatic carbocycles. The van der Waals surface area contributed by atoms with Gasteiger partial charge in [-0.05, 0) is 47.5 Å². The monoisotopic (exact) mass is 506 g/mol. The largest absolute Gasteiger partial charge is 0.497 e. The standard InChI is InChI=1S/C24H24Cl2N2O4S/c1-27(15-17-9-13-20(32-2)14-10-17)24(29)19-11-7-18(8-12-19)16-28(33(3,30)31)22-6-4-5-21(25)23(22)26/h4-14H,15-16H2,1-3H3. The number of carbonyl (C=O) groups is 1. The molecule has 0 spiro atoms. The maximum Gasteiger partial charge on any atom is 0.253 e. The molecule has 33 heavy (non-hydrogen) atoms. The lowest BCUT2D eigenvalue weighted by atomic mass is 10.1. The third-order valence-electron chi connectivity index (χ3n) is 5.05. The number of anilines is 1. The molecule has 1 amide bonds. The maximum atomic E-state index is 12.8. The van der Waals surface area contributed by atoms with Gasteiger partial charge in [0.1, 0.15) is 5.75 Å². The minimum Gasteiger partial charge on any atom is -0.497 e. The van der Waals surface area contributed by atoms with E-state index < -0.39 is 10.0 Å². The molecule has 0 saturated carbocycles. The first-order valence-corrected chi connectivity index (χ1v) is 12.6. The molecule has 0 N–H and O–H groups in total. The minimum atomic E-state index is -3.63. The summed E-state index contributed by atoms with van der Waals surface area (Å²) in [5.41, 5.74) is 2.48. The Hall–Kier alpha value is -2.74. The van der Waals surface area contributed by atoms with E-state index in [0.29, 0.717) is 23.4 Å². The molecule has 0 aliphatic carbocycles. The van der Waals surface area contributed by atoms with Gasteiger partial charge in [0, 0.05) is 19.2 Å². The predicted octanol–water partition coefficient (Wildman–Crippen LogP) is 5.24. The van der Waals surface area contributed by atoms with E-state index in [0.717, 1.165) is 17.6 Å². The number of benzene rings is 3. The summed E-state index contributed by atoms with van der Waals surface area (Å²) in [5, 5.41) is 0.431. The number of ether oxygens (including phenoxy) is 1. The summed E-state index contributed by atoms with van der Waals surface area (Å²) >= 11 is 12.3. The first-order valence-electron chi connectivity index (χ1n) is 9.99. The Labute approximate surface area is 204 Å². The van der Waals surface area contributed by atoms with Crippen LogP contribution in [0.5, 0.6) is 5.75 Å². The molecule has 0 aliphatic rings. The number of sulfonamides is 1. The van der Waals surface area contributed by atoms with Gasteiger partial charge in [0.15, 0.2) is 0 Å². The highest BCUT2D eigenvalue weighted by Crippen LogP contribution is 2.34. The van der Waals surface area contributed by atoms with Crippen LogP contribution in [0.3, 0.4) is 0 Å². The fourth-order valence-electron chi connectivity index (χ4n) is 3.28. The van der Waals surface area contributed by atoms with Crippen LogP contribution in [0.2, 0.25) is 10.0 Å². The third-order valence-corrected chi connectivity index (χ3v) is 6.99. The van der Waals surface area contributed by atoms with Crippen LogP contribution in [0.15, 0.2) is 66.7 Å². The summed E-state index contributed by atoms with van der Waals surface area (Å²) in [4.78, 5) is 14.4. The second-order valence-electron chi connectivity index (χ2n) is 7.55. The Balaban J connectivity index is 1.75. The van der Waals surface area contributed by atoms with Crippen molar-refractivity contribution >= 4 is 44.8 Å². The molecule has 0 aromatic heterocycles. The molecule has 0 heterocycles. The molecule has 0 aliphatic heterocycles. The summed E-state index contributed by atoms with van der Waals surface area (Å²) in [6.07, 6.45) is 1.11. The van der Waals surface area contributed by atoms with Gasteiger partial charge in [0.25, 0.3) is 5.91 Å². The highest BCUT2D eigenvalue weighted by Gasteiger charge is 2.22. The summed E-state index contributed by atoms with van der Waals surface area (Å²) in [7, 11) is -0.295. The van der Waals surface area contributed by atoms with Crippen molar-refractivity contribution in [3.05, 3.63) is 93.5 Å². The molecular weight excluding hydrogens is 483 g/mol. The molecule has 9 heteroatoms. The number of hydrogen-bond acceptors (Lipinski definition) is 4. The van der Waals surface area contributed by atoms with Crippen LogP contribution in [0.4, 0.5) is 5.69 Å². The van der Waals surface area contributed by atoms with E-state index in [1.165, 1.54) is 4.31 Å². The average molecular weight is 507 g/mol. The average Bonchev–Trinajstić information content (AvgIpc) is 2.79. The van der Waals surface area contributed by atoms with E-state index in [4.69, 9.17) is 27.9 Å². The van der Waals surface area contributed by atoms with Crippen molar-refractivity contribution in [2.75, 3.05) is 24.7 Å². The van der Waals surface area contributed by atoms with Crippen LogP contribution in [-0.4, -0.2) is 39.6 Å². The molecule has 0 radical (unpaired) electrons. The van der Waals surface area contributed by atoms with E-state index in [9.17, 15) is 13.2 Å². The van der Waals surface area contributed by atoms with Gasteiger partial charge >= 0.3 is 0 Å². The van der Waals surface area contributed by atoms with Crippen molar-refractivity contribution in [2.24, 2.45) is 0 Å². The summed E-state index contributed by atoms with van der Waals surface area (Å²) in [6.45, 7) is 0.495. The maximum absolute atomic E-state index is 12.8. The van der Waals surface area contributed by atoms with Crippen LogP contribution < -0.4 is 9.04 Å². The predicted molar refractivity (Wildman–Crippen MR) is 133 cm³/mol. The van der Waals surface area contributed by atoms with E-state index in [1.54, 1.807) is 61.5 Å². The summed E-state index contributed by atoms with van der Waals surface area (Å²) in [6, 6.07) is 19.2. The molecule has 6 nitrogen and oxygen atoms in total. The van der Waals surface area contributed by atoms with E-state index in [2.05, 4.69) is 0 Å².